The van der Waals surface area contributed by atoms with Crippen LogP contribution in [0.1, 0.15) is 18.9 Å². The van der Waals surface area contributed by atoms with E-state index in [0.717, 1.165) is 39.7 Å². The standard InChI is InChI=1S/C16H12BrClN2O/c17-9-1-5-12(15(21)7-9)16-19-13-8-10(18)2-6-14(13)20(16)11-3-4-11/h1-2,5-8,11,21H,3-4H2. The van der Waals surface area contributed by atoms with Crippen molar-refractivity contribution in [3.05, 3.63) is 45.9 Å². The lowest BCUT2D eigenvalue weighted by Gasteiger charge is -2.09. The summed E-state index contributed by atoms with van der Waals surface area (Å²) in [6.07, 6.45) is 2.30. The van der Waals surface area contributed by atoms with Gasteiger partial charge in [0, 0.05) is 15.5 Å². The van der Waals surface area contributed by atoms with Crippen LogP contribution in [0.2, 0.25) is 5.02 Å². The zero-order valence-electron chi connectivity index (χ0n) is 11.1. The Bertz CT molecular complexity index is 855. The highest BCUT2D eigenvalue weighted by Gasteiger charge is 2.29. The van der Waals surface area contributed by atoms with Crippen LogP contribution in [0.4, 0.5) is 0 Å². The highest BCUT2D eigenvalue weighted by molar-refractivity contribution is 9.10. The molecule has 3 nitrogen and oxygen atoms in total. The fourth-order valence-electron chi connectivity index (χ4n) is 2.66. The van der Waals surface area contributed by atoms with Crippen molar-refractivity contribution in [3.8, 4) is 17.1 Å². The Balaban J connectivity index is 2.01. The minimum absolute atomic E-state index is 0.229. The fourth-order valence-corrected chi connectivity index (χ4v) is 3.17. The molecule has 1 saturated carbocycles. The predicted octanol–water partition coefficient (Wildman–Crippen LogP) is 5.16. The second-order valence-corrected chi connectivity index (χ2v) is 6.68. The molecule has 1 aliphatic rings. The molecule has 1 N–H and O–H groups in total. The van der Waals surface area contributed by atoms with Crippen LogP contribution in [-0.4, -0.2) is 14.7 Å². The van der Waals surface area contributed by atoms with Gasteiger partial charge in [-0.05, 0) is 49.2 Å². The number of aromatic nitrogens is 2. The van der Waals surface area contributed by atoms with Crippen LogP contribution >= 0.6 is 27.5 Å². The molecule has 1 heterocycles. The lowest BCUT2D eigenvalue weighted by Crippen LogP contribution is -1.97. The molecule has 4 rings (SSSR count). The van der Waals surface area contributed by atoms with E-state index in [1.165, 1.54) is 0 Å². The highest BCUT2D eigenvalue weighted by Crippen LogP contribution is 2.43. The van der Waals surface area contributed by atoms with E-state index in [1.807, 2.05) is 30.3 Å². The van der Waals surface area contributed by atoms with Crippen molar-refractivity contribution in [1.82, 2.24) is 9.55 Å². The molecule has 0 spiro atoms. The maximum Gasteiger partial charge on any atom is 0.145 e. The molecule has 5 heteroatoms. The molecule has 0 aliphatic heterocycles. The van der Waals surface area contributed by atoms with E-state index in [9.17, 15) is 5.11 Å². The third kappa shape index (κ3) is 2.23. The van der Waals surface area contributed by atoms with Gasteiger partial charge in [0.1, 0.15) is 11.6 Å². The zero-order chi connectivity index (χ0) is 14.6. The number of halogens is 2. The number of benzene rings is 2. The fraction of sp³-hybridized carbons (Fsp3) is 0.188. The molecule has 1 aliphatic carbocycles. The molecular weight excluding hydrogens is 352 g/mol. The Hall–Kier alpha value is -1.52. The number of phenols is 1. The average molecular weight is 364 g/mol. The van der Waals surface area contributed by atoms with Crippen molar-refractivity contribution in [1.29, 1.82) is 0 Å². The molecule has 0 radical (unpaired) electrons. The molecule has 1 fully saturated rings. The smallest absolute Gasteiger partial charge is 0.145 e. The van der Waals surface area contributed by atoms with Crippen LogP contribution in [0.25, 0.3) is 22.4 Å². The molecule has 106 valence electrons. The van der Waals surface area contributed by atoms with E-state index in [2.05, 4.69) is 20.5 Å². The minimum Gasteiger partial charge on any atom is -0.507 e. The number of fused-ring (bicyclic) bond motifs is 1. The first-order chi connectivity index (χ1) is 10.1. The first-order valence-corrected chi connectivity index (χ1v) is 7.97. The van der Waals surface area contributed by atoms with Crippen molar-refractivity contribution in [3.63, 3.8) is 0 Å². The lowest BCUT2D eigenvalue weighted by molar-refractivity contribution is 0.476. The Morgan fingerprint density at radius 1 is 1.19 bits per heavy atom. The van der Waals surface area contributed by atoms with Gasteiger partial charge in [0.2, 0.25) is 0 Å². The molecule has 2 aromatic carbocycles. The maximum absolute atomic E-state index is 10.2. The monoisotopic (exact) mass is 362 g/mol. The Kier molecular flexibility index (Phi) is 2.98. The average Bonchev–Trinajstić information content (AvgIpc) is 3.20. The number of hydrogen-bond donors (Lipinski definition) is 1. The summed E-state index contributed by atoms with van der Waals surface area (Å²) in [5.41, 5.74) is 2.68. The summed E-state index contributed by atoms with van der Waals surface area (Å²) in [7, 11) is 0. The van der Waals surface area contributed by atoms with Crippen LogP contribution < -0.4 is 0 Å². The quantitative estimate of drug-likeness (QED) is 0.683. The van der Waals surface area contributed by atoms with Gasteiger partial charge in [-0.3, -0.25) is 0 Å². The molecule has 1 aromatic heterocycles. The largest absolute Gasteiger partial charge is 0.507 e. The summed E-state index contributed by atoms with van der Waals surface area (Å²) in [6.45, 7) is 0. The SMILES string of the molecule is Oc1cc(Br)ccc1-c1nc2cc(Cl)ccc2n1C1CC1. The van der Waals surface area contributed by atoms with E-state index in [-0.39, 0.29) is 5.75 Å². The highest BCUT2D eigenvalue weighted by atomic mass is 79.9. The summed E-state index contributed by atoms with van der Waals surface area (Å²) in [5.74, 6) is 1.03. The Morgan fingerprint density at radius 3 is 2.71 bits per heavy atom. The van der Waals surface area contributed by atoms with Gasteiger partial charge in [-0.1, -0.05) is 27.5 Å². The van der Waals surface area contributed by atoms with Crippen molar-refractivity contribution in [2.24, 2.45) is 0 Å². The number of imidazole rings is 1. The number of phenolic OH excluding ortho intramolecular Hbond substituents is 1. The van der Waals surface area contributed by atoms with Gasteiger partial charge in [-0.2, -0.15) is 0 Å². The molecule has 0 bridgehead atoms. The van der Waals surface area contributed by atoms with Gasteiger partial charge in [0.25, 0.3) is 0 Å². The van der Waals surface area contributed by atoms with Crippen LogP contribution in [0.3, 0.4) is 0 Å². The van der Waals surface area contributed by atoms with Crippen molar-refractivity contribution in [2.45, 2.75) is 18.9 Å². The number of rotatable bonds is 2. The van der Waals surface area contributed by atoms with Gasteiger partial charge >= 0.3 is 0 Å². The molecule has 0 amide bonds. The number of aromatic hydroxyl groups is 1. The van der Waals surface area contributed by atoms with Gasteiger partial charge in [-0.15, -0.1) is 0 Å². The van der Waals surface area contributed by atoms with Crippen molar-refractivity contribution < 1.29 is 5.11 Å². The summed E-state index contributed by atoms with van der Waals surface area (Å²) < 4.78 is 3.06. The summed E-state index contributed by atoms with van der Waals surface area (Å²) >= 11 is 9.44. The van der Waals surface area contributed by atoms with Gasteiger partial charge in [0.15, 0.2) is 0 Å². The minimum atomic E-state index is 0.229. The van der Waals surface area contributed by atoms with E-state index in [0.29, 0.717) is 11.1 Å². The van der Waals surface area contributed by atoms with Crippen LogP contribution in [0, 0.1) is 0 Å². The first kappa shape index (κ1) is 13.2. The Morgan fingerprint density at radius 2 is 2.00 bits per heavy atom. The van der Waals surface area contributed by atoms with E-state index >= 15 is 0 Å². The molecule has 0 atom stereocenters. The van der Waals surface area contributed by atoms with Crippen LogP contribution in [-0.2, 0) is 0 Å². The zero-order valence-corrected chi connectivity index (χ0v) is 13.4. The number of hydrogen-bond acceptors (Lipinski definition) is 2. The lowest BCUT2D eigenvalue weighted by atomic mass is 10.2. The second-order valence-electron chi connectivity index (χ2n) is 5.33. The summed E-state index contributed by atoms with van der Waals surface area (Å²) in [6, 6.07) is 11.7. The predicted molar refractivity (Wildman–Crippen MR) is 87.8 cm³/mol. The van der Waals surface area contributed by atoms with E-state index < -0.39 is 0 Å². The van der Waals surface area contributed by atoms with Crippen molar-refractivity contribution >= 4 is 38.6 Å². The molecular formula is C16H12BrClN2O. The van der Waals surface area contributed by atoms with E-state index in [1.54, 1.807) is 6.07 Å². The number of nitrogens with zero attached hydrogens (tertiary/aromatic N) is 2. The topological polar surface area (TPSA) is 38.1 Å². The molecule has 0 saturated heterocycles. The van der Waals surface area contributed by atoms with E-state index in [4.69, 9.17) is 16.6 Å². The van der Waals surface area contributed by atoms with Crippen LogP contribution in [0.5, 0.6) is 5.75 Å². The van der Waals surface area contributed by atoms with Crippen LogP contribution in [0.15, 0.2) is 40.9 Å². The third-order valence-electron chi connectivity index (χ3n) is 3.76. The summed E-state index contributed by atoms with van der Waals surface area (Å²) in [4.78, 5) is 4.70. The van der Waals surface area contributed by atoms with Gasteiger partial charge in [-0.25, -0.2) is 4.98 Å². The summed E-state index contributed by atoms with van der Waals surface area (Å²) in [5, 5.41) is 10.9. The molecule has 0 unspecified atom stereocenters. The molecule has 21 heavy (non-hydrogen) atoms. The third-order valence-corrected chi connectivity index (χ3v) is 4.49. The van der Waals surface area contributed by atoms with Gasteiger partial charge < -0.3 is 9.67 Å². The maximum atomic E-state index is 10.2. The molecule has 3 aromatic rings. The second kappa shape index (κ2) is 4.75. The van der Waals surface area contributed by atoms with Crippen molar-refractivity contribution in [2.75, 3.05) is 0 Å². The van der Waals surface area contributed by atoms with Gasteiger partial charge in [0.05, 0.1) is 16.6 Å². The Labute approximate surface area is 135 Å². The normalized spacial score (nSPS) is 14.8. The first-order valence-electron chi connectivity index (χ1n) is 6.80.